The Labute approximate surface area is 135 Å². The molecule has 1 aromatic rings. The summed E-state index contributed by atoms with van der Waals surface area (Å²) in [5.41, 5.74) is 0.120. The third kappa shape index (κ3) is 4.16. The van der Waals surface area contributed by atoms with E-state index in [1.165, 1.54) is 0 Å². The van der Waals surface area contributed by atoms with Crippen molar-refractivity contribution in [2.24, 2.45) is 5.92 Å². The molecule has 1 aliphatic rings. The quantitative estimate of drug-likeness (QED) is 0.616. The van der Waals surface area contributed by atoms with Gasteiger partial charge in [-0.25, -0.2) is 0 Å². The zero-order valence-corrected chi connectivity index (χ0v) is 13.8. The molecule has 0 aliphatic carbocycles. The molecule has 0 aromatic heterocycles. The Bertz CT molecular complexity index is 597. The van der Waals surface area contributed by atoms with Gasteiger partial charge in [0.05, 0.1) is 24.2 Å². The fraction of sp³-hybridized carbons (Fsp3) is 0.471. The van der Waals surface area contributed by atoms with Crippen molar-refractivity contribution >= 4 is 17.8 Å². The summed E-state index contributed by atoms with van der Waals surface area (Å²) in [4.78, 5) is 41.3. The van der Waals surface area contributed by atoms with Gasteiger partial charge in [0, 0.05) is 0 Å². The Balaban J connectivity index is 1.89. The Morgan fingerprint density at radius 2 is 1.65 bits per heavy atom. The number of hydrogen-bond acceptors (Lipinski definition) is 5. The highest BCUT2D eigenvalue weighted by Gasteiger charge is 2.36. The molecule has 0 bridgehead atoms. The largest absolute Gasteiger partial charge is 0.460 e. The van der Waals surface area contributed by atoms with Gasteiger partial charge in [0.2, 0.25) is 0 Å². The van der Waals surface area contributed by atoms with E-state index in [0.717, 1.165) is 5.06 Å². The topological polar surface area (TPSA) is 72.9 Å². The van der Waals surface area contributed by atoms with Gasteiger partial charge in [-0.3, -0.25) is 19.2 Å². The number of nitrogens with zero attached hydrogens (tertiary/aromatic N) is 1. The van der Waals surface area contributed by atoms with Crippen LogP contribution in [-0.4, -0.2) is 35.1 Å². The molecule has 1 heterocycles. The molecule has 6 heteroatoms. The first kappa shape index (κ1) is 17.1. The number of hydrogen-bond donors (Lipinski definition) is 0. The van der Waals surface area contributed by atoms with Crippen molar-refractivity contribution in [2.45, 2.75) is 39.7 Å². The summed E-state index contributed by atoms with van der Waals surface area (Å²) in [5.74, 6) is -1.48. The summed E-state index contributed by atoms with van der Waals surface area (Å²) in [6.45, 7) is 7.26. The number of amides is 2. The minimum Gasteiger partial charge on any atom is -0.460 e. The Morgan fingerprint density at radius 3 is 2.13 bits per heavy atom. The van der Waals surface area contributed by atoms with E-state index in [4.69, 9.17) is 9.57 Å². The summed E-state index contributed by atoms with van der Waals surface area (Å²) in [6.07, 6.45) is 0.153. The van der Waals surface area contributed by atoms with Gasteiger partial charge in [0.25, 0.3) is 11.8 Å². The van der Waals surface area contributed by atoms with E-state index in [0.29, 0.717) is 11.1 Å². The lowest BCUT2D eigenvalue weighted by Crippen LogP contribution is -2.32. The molecule has 0 saturated carbocycles. The maximum Gasteiger partial charge on any atom is 0.306 e. The number of carbonyl (C=O) groups excluding carboxylic acids is 3. The molecule has 1 aromatic carbocycles. The minimum absolute atomic E-state index is 0.0741. The first-order valence-corrected chi connectivity index (χ1v) is 7.51. The van der Waals surface area contributed by atoms with Crippen LogP contribution in [0.2, 0.25) is 0 Å². The molecule has 0 spiro atoms. The van der Waals surface area contributed by atoms with Crippen LogP contribution in [0.15, 0.2) is 24.3 Å². The van der Waals surface area contributed by atoms with E-state index in [2.05, 4.69) is 0 Å². The number of hydroxylamine groups is 2. The fourth-order valence-corrected chi connectivity index (χ4v) is 2.21. The molecule has 0 N–H and O–H groups in total. The normalized spacial score (nSPS) is 15.6. The zero-order chi connectivity index (χ0) is 17.2. The van der Waals surface area contributed by atoms with Gasteiger partial charge in [0.1, 0.15) is 5.60 Å². The number of benzene rings is 1. The third-order valence-electron chi connectivity index (χ3n) is 3.18. The SMILES string of the molecule is C[C@@H](CON1C(=O)c2ccccc2C1=O)CC(=O)OC(C)(C)C. The van der Waals surface area contributed by atoms with Crippen molar-refractivity contribution in [1.29, 1.82) is 0 Å². The molecule has 1 atom stereocenters. The van der Waals surface area contributed by atoms with Crippen LogP contribution in [0, 0.1) is 5.92 Å². The van der Waals surface area contributed by atoms with Gasteiger partial charge in [0.15, 0.2) is 0 Å². The second-order valence-electron chi connectivity index (χ2n) is 6.64. The minimum atomic E-state index is -0.541. The van der Waals surface area contributed by atoms with E-state index >= 15 is 0 Å². The predicted octanol–water partition coefficient (Wildman–Crippen LogP) is 2.58. The molecule has 1 aliphatic heterocycles. The lowest BCUT2D eigenvalue weighted by Gasteiger charge is -2.21. The summed E-state index contributed by atoms with van der Waals surface area (Å²) in [6, 6.07) is 6.56. The lowest BCUT2D eigenvalue weighted by molar-refractivity contribution is -0.157. The molecule has 0 saturated heterocycles. The summed E-state index contributed by atoms with van der Waals surface area (Å²) >= 11 is 0. The Hall–Kier alpha value is -2.21. The molecule has 0 radical (unpaired) electrons. The van der Waals surface area contributed by atoms with Gasteiger partial charge in [-0.1, -0.05) is 19.1 Å². The molecule has 6 nitrogen and oxygen atoms in total. The van der Waals surface area contributed by atoms with Crippen molar-refractivity contribution < 1.29 is 24.0 Å². The van der Waals surface area contributed by atoms with Gasteiger partial charge >= 0.3 is 5.97 Å². The molecule has 124 valence electrons. The van der Waals surface area contributed by atoms with Crippen LogP contribution in [0.1, 0.15) is 54.8 Å². The van der Waals surface area contributed by atoms with Gasteiger partial charge in [-0.2, -0.15) is 0 Å². The fourth-order valence-electron chi connectivity index (χ4n) is 2.21. The number of rotatable bonds is 5. The number of carbonyl (C=O) groups is 3. The summed E-state index contributed by atoms with van der Waals surface area (Å²) in [7, 11) is 0. The number of imide groups is 1. The highest BCUT2D eigenvalue weighted by atomic mass is 16.7. The van der Waals surface area contributed by atoms with E-state index in [1.807, 2.05) is 0 Å². The lowest BCUT2D eigenvalue weighted by atomic mass is 10.1. The van der Waals surface area contributed by atoms with E-state index in [1.54, 1.807) is 52.0 Å². The summed E-state index contributed by atoms with van der Waals surface area (Å²) < 4.78 is 5.23. The van der Waals surface area contributed by atoms with Crippen molar-refractivity contribution in [1.82, 2.24) is 5.06 Å². The molecular formula is C17H21NO5. The maximum absolute atomic E-state index is 12.1. The molecule has 2 amide bonds. The standard InChI is InChI=1S/C17H21NO5/c1-11(9-14(19)23-17(2,3)4)10-22-18-15(20)12-7-5-6-8-13(12)16(18)21/h5-8,11H,9-10H2,1-4H3/t11-/m1/s1. The smallest absolute Gasteiger partial charge is 0.306 e. The third-order valence-corrected chi connectivity index (χ3v) is 3.18. The van der Waals surface area contributed by atoms with Crippen LogP contribution in [0.3, 0.4) is 0 Å². The number of esters is 1. The van der Waals surface area contributed by atoms with Gasteiger partial charge in [-0.15, -0.1) is 5.06 Å². The van der Waals surface area contributed by atoms with Gasteiger partial charge in [-0.05, 0) is 38.8 Å². The maximum atomic E-state index is 12.1. The van der Waals surface area contributed by atoms with Crippen molar-refractivity contribution in [2.75, 3.05) is 6.61 Å². The van der Waals surface area contributed by atoms with Crippen LogP contribution >= 0.6 is 0 Å². The zero-order valence-electron chi connectivity index (χ0n) is 13.8. The Kier molecular flexibility index (Phi) is 4.85. The highest BCUT2D eigenvalue weighted by molar-refractivity contribution is 6.20. The van der Waals surface area contributed by atoms with Crippen LogP contribution in [0.5, 0.6) is 0 Å². The average molecular weight is 319 g/mol. The molecule has 0 fully saturated rings. The first-order chi connectivity index (χ1) is 10.7. The van der Waals surface area contributed by atoms with Crippen LogP contribution < -0.4 is 0 Å². The molecule has 2 rings (SSSR count). The molecular weight excluding hydrogens is 298 g/mol. The molecule has 23 heavy (non-hydrogen) atoms. The van der Waals surface area contributed by atoms with E-state index in [9.17, 15) is 14.4 Å². The van der Waals surface area contributed by atoms with E-state index in [-0.39, 0.29) is 24.9 Å². The van der Waals surface area contributed by atoms with Crippen LogP contribution in [-0.2, 0) is 14.4 Å². The highest BCUT2D eigenvalue weighted by Crippen LogP contribution is 2.23. The second kappa shape index (κ2) is 6.50. The predicted molar refractivity (Wildman–Crippen MR) is 82.5 cm³/mol. The summed E-state index contributed by atoms with van der Waals surface area (Å²) in [5, 5.41) is 0.760. The molecule has 0 unspecified atom stereocenters. The van der Waals surface area contributed by atoms with E-state index < -0.39 is 17.4 Å². The monoisotopic (exact) mass is 319 g/mol. The second-order valence-corrected chi connectivity index (χ2v) is 6.64. The number of fused-ring (bicyclic) bond motifs is 1. The van der Waals surface area contributed by atoms with Crippen molar-refractivity contribution in [3.05, 3.63) is 35.4 Å². The Morgan fingerprint density at radius 1 is 1.13 bits per heavy atom. The average Bonchev–Trinajstić information content (AvgIpc) is 2.67. The van der Waals surface area contributed by atoms with Crippen LogP contribution in [0.4, 0.5) is 0 Å². The van der Waals surface area contributed by atoms with Crippen LogP contribution in [0.25, 0.3) is 0 Å². The number of ether oxygens (including phenoxy) is 1. The van der Waals surface area contributed by atoms with Crippen molar-refractivity contribution in [3.63, 3.8) is 0 Å². The van der Waals surface area contributed by atoms with Gasteiger partial charge < -0.3 is 4.74 Å². The first-order valence-electron chi connectivity index (χ1n) is 7.51. The van der Waals surface area contributed by atoms with Crippen molar-refractivity contribution in [3.8, 4) is 0 Å².